The van der Waals surface area contributed by atoms with Gasteiger partial charge >= 0.3 is 6.09 Å². The van der Waals surface area contributed by atoms with Gasteiger partial charge in [0.05, 0.1) is 36.6 Å². The maximum Gasteiger partial charge on any atom is 0.411 e. The molecule has 4 N–H and O–H groups in total. The number of amides is 4. The predicted octanol–water partition coefficient (Wildman–Crippen LogP) is 2.23. The molecule has 1 saturated heterocycles. The summed E-state index contributed by atoms with van der Waals surface area (Å²) in [4.78, 5) is 64.5. The fraction of sp³-hybridized carbons (Fsp3) is 0.394. The molecular weight excluding hydrogens is 630 g/mol. The number of hydrogen-bond donors (Lipinski definition) is 4. The van der Waals surface area contributed by atoms with Crippen molar-refractivity contribution in [1.29, 1.82) is 0 Å². The summed E-state index contributed by atoms with van der Waals surface area (Å²) in [5.41, 5.74) is -1.79. The molecule has 1 aliphatic carbocycles. The second kappa shape index (κ2) is 11.9. The van der Waals surface area contributed by atoms with Gasteiger partial charge in [-0.2, -0.15) is 0 Å². The molecule has 2 aliphatic heterocycles. The van der Waals surface area contributed by atoms with Crippen LogP contribution in [-0.4, -0.2) is 91.2 Å². The van der Waals surface area contributed by atoms with Crippen molar-refractivity contribution in [3.8, 4) is 0 Å². The number of halogens is 2. The third-order valence-electron chi connectivity index (χ3n) is 8.92. The lowest BCUT2D eigenvalue weighted by Gasteiger charge is -2.51. The number of aliphatic hydroxyl groups excluding tert-OH is 2. The largest absolute Gasteiger partial charge is 0.444 e. The van der Waals surface area contributed by atoms with Gasteiger partial charge in [-0.3, -0.25) is 24.3 Å². The van der Waals surface area contributed by atoms with Gasteiger partial charge in [0.2, 0.25) is 11.8 Å². The Morgan fingerprint density at radius 3 is 2.46 bits per heavy atom. The van der Waals surface area contributed by atoms with Crippen molar-refractivity contribution in [2.75, 3.05) is 36.9 Å². The van der Waals surface area contributed by atoms with Crippen LogP contribution in [0, 0.1) is 11.6 Å². The summed E-state index contributed by atoms with van der Waals surface area (Å²) in [7, 11) is 0. The van der Waals surface area contributed by atoms with E-state index in [0.29, 0.717) is 30.4 Å². The number of pyridine rings is 2. The SMILES string of the molecule is CC(C)(C)OC(=O)N1C[C@@H](c2cc(F)cc(F)c2)N(CC(=O)Nc2cnc3c(c2)CC2(C3)C(=O)Nc3ncccc32)C(=O)C1(CO)CO. The fourth-order valence-electron chi connectivity index (χ4n) is 6.67. The van der Waals surface area contributed by atoms with Crippen LogP contribution in [0.25, 0.3) is 0 Å². The van der Waals surface area contributed by atoms with Gasteiger partial charge in [-0.25, -0.2) is 18.6 Å². The number of piperazine rings is 1. The number of nitrogens with one attached hydrogen (secondary N) is 2. The van der Waals surface area contributed by atoms with Crippen LogP contribution in [-0.2, 0) is 37.4 Å². The summed E-state index contributed by atoms with van der Waals surface area (Å²) >= 11 is 0. The minimum Gasteiger partial charge on any atom is -0.444 e. The van der Waals surface area contributed by atoms with Crippen molar-refractivity contribution in [2.45, 2.75) is 56.2 Å². The number of aliphatic hydroxyl groups is 2. The smallest absolute Gasteiger partial charge is 0.411 e. The van der Waals surface area contributed by atoms with Gasteiger partial charge in [0.15, 0.2) is 5.54 Å². The lowest BCUT2D eigenvalue weighted by Crippen LogP contribution is -2.72. The molecule has 6 rings (SSSR count). The molecule has 1 unspecified atom stereocenters. The van der Waals surface area contributed by atoms with Crippen molar-refractivity contribution in [3.05, 3.63) is 82.8 Å². The molecule has 3 aromatic rings. The van der Waals surface area contributed by atoms with E-state index >= 15 is 0 Å². The van der Waals surface area contributed by atoms with E-state index in [2.05, 4.69) is 20.6 Å². The second-order valence-corrected chi connectivity index (χ2v) is 13.3. The summed E-state index contributed by atoms with van der Waals surface area (Å²) in [6, 6.07) is 6.58. The number of aromatic nitrogens is 2. The first kappa shape index (κ1) is 32.9. The van der Waals surface area contributed by atoms with E-state index in [1.54, 1.807) is 39.1 Å². The molecule has 13 nitrogen and oxygen atoms in total. The van der Waals surface area contributed by atoms with Crippen molar-refractivity contribution in [3.63, 3.8) is 0 Å². The van der Waals surface area contributed by atoms with Gasteiger partial charge in [0.25, 0.3) is 5.91 Å². The number of nitrogens with zero attached hydrogens (tertiary/aromatic N) is 4. The number of carbonyl (C=O) groups is 4. The molecule has 1 aromatic carbocycles. The molecule has 252 valence electrons. The molecule has 3 aliphatic rings. The van der Waals surface area contributed by atoms with E-state index < -0.39 is 78.4 Å². The lowest BCUT2D eigenvalue weighted by atomic mass is 9.80. The second-order valence-electron chi connectivity index (χ2n) is 13.3. The number of anilines is 2. The Morgan fingerprint density at radius 1 is 1.08 bits per heavy atom. The molecule has 0 radical (unpaired) electrons. The molecular formula is C33H34F2N6O7. The highest BCUT2D eigenvalue weighted by Gasteiger charge is 2.56. The highest BCUT2D eigenvalue weighted by molar-refractivity contribution is 6.06. The highest BCUT2D eigenvalue weighted by atomic mass is 19.1. The average Bonchev–Trinajstić information content (AvgIpc) is 3.53. The topological polar surface area (TPSA) is 174 Å². The van der Waals surface area contributed by atoms with Gasteiger partial charge in [-0.05, 0) is 62.6 Å². The van der Waals surface area contributed by atoms with Crippen LogP contribution in [0.3, 0.4) is 0 Å². The average molecular weight is 665 g/mol. The Balaban J connectivity index is 1.28. The lowest BCUT2D eigenvalue weighted by molar-refractivity contribution is -0.165. The fourth-order valence-corrected chi connectivity index (χ4v) is 6.67. The van der Waals surface area contributed by atoms with E-state index in [4.69, 9.17) is 4.74 Å². The van der Waals surface area contributed by atoms with Crippen molar-refractivity contribution in [1.82, 2.24) is 19.8 Å². The molecule has 2 atom stereocenters. The van der Waals surface area contributed by atoms with Crippen molar-refractivity contribution < 1.29 is 42.9 Å². The van der Waals surface area contributed by atoms with Gasteiger partial charge in [-0.15, -0.1) is 0 Å². The predicted molar refractivity (Wildman–Crippen MR) is 165 cm³/mol. The molecule has 0 bridgehead atoms. The van der Waals surface area contributed by atoms with E-state index in [1.807, 2.05) is 6.07 Å². The van der Waals surface area contributed by atoms with Crippen molar-refractivity contribution >= 4 is 35.3 Å². The Hall–Kier alpha value is -5.02. The minimum atomic E-state index is -2.25. The summed E-state index contributed by atoms with van der Waals surface area (Å²) in [5.74, 6) is -3.38. The van der Waals surface area contributed by atoms with Crippen LogP contribution >= 0.6 is 0 Å². The minimum absolute atomic E-state index is 0.0687. The first-order chi connectivity index (χ1) is 22.7. The zero-order valence-electron chi connectivity index (χ0n) is 26.4. The Bertz CT molecular complexity index is 1810. The maximum atomic E-state index is 14.4. The van der Waals surface area contributed by atoms with Gasteiger partial charge < -0.3 is 30.5 Å². The van der Waals surface area contributed by atoms with Crippen LogP contribution in [0.15, 0.2) is 48.8 Å². The van der Waals surface area contributed by atoms with E-state index in [0.717, 1.165) is 33.1 Å². The molecule has 4 heterocycles. The van der Waals surface area contributed by atoms with Crippen LogP contribution < -0.4 is 10.6 Å². The Kier molecular flexibility index (Phi) is 8.15. The molecule has 0 saturated carbocycles. The normalized spacial score (nSPS) is 21.2. The highest BCUT2D eigenvalue weighted by Crippen LogP contribution is 2.46. The van der Waals surface area contributed by atoms with E-state index in [1.165, 1.54) is 6.20 Å². The van der Waals surface area contributed by atoms with Crippen LogP contribution in [0.2, 0.25) is 0 Å². The molecule has 1 spiro atoms. The summed E-state index contributed by atoms with van der Waals surface area (Å²) in [6.07, 6.45) is 2.61. The maximum absolute atomic E-state index is 14.4. The van der Waals surface area contributed by atoms with Crippen LogP contribution in [0.1, 0.15) is 49.2 Å². The van der Waals surface area contributed by atoms with Gasteiger partial charge in [0.1, 0.15) is 29.6 Å². The van der Waals surface area contributed by atoms with E-state index in [-0.39, 0.29) is 17.2 Å². The Labute approximate surface area is 273 Å². The van der Waals surface area contributed by atoms with Crippen LogP contribution in [0.4, 0.5) is 25.1 Å². The number of carbonyl (C=O) groups excluding carboxylic acids is 4. The first-order valence-corrected chi connectivity index (χ1v) is 15.2. The molecule has 4 amide bonds. The zero-order valence-corrected chi connectivity index (χ0v) is 26.4. The third kappa shape index (κ3) is 5.62. The standard InChI is InChI=1S/C33H34F2N6O7/c1-31(2,3)48-30(47)41-14-25(18-7-20(34)10-21(35)8-18)40(29(46)33(41,16-42)17-43)15-26(44)38-22-9-19-11-32(12-24(19)37-13-22)23-5-4-6-36-27(23)39-28(32)45/h4-10,13,25,42-43H,11-12,14-17H2,1-3H3,(H,38,44)(H,36,39,45)/t25-,32?/m0/s1. The molecule has 48 heavy (non-hydrogen) atoms. The van der Waals surface area contributed by atoms with Gasteiger partial charge in [-0.1, -0.05) is 6.07 Å². The number of rotatable bonds is 6. The summed E-state index contributed by atoms with van der Waals surface area (Å²) in [5, 5.41) is 26.3. The summed E-state index contributed by atoms with van der Waals surface area (Å²) in [6.45, 7) is 1.52. The number of benzene rings is 1. The van der Waals surface area contributed by atoms with Crippen molar-refractivity contribution in [2.24, 2.45) is 0 Å². The molecule has 2 aromatic heterocycles. The van der Waals surface area contributed by atoms with E-state index in [9.17, 15) is 38.2 Å². The molecule has 1 fully saturated rings. The quantitative estimate of drug-likeness (QED) is 0.308. The van der Waals surface area contributed by atoms with Gasteiger partial charge in [0, 0.05) is 36.5 Å². The summed E-state index contributed by atoms with van der Waals surface area (Å²) < 4.78 is 34.2. The number of fused-ring (bicyclic) bond motifs is 3. The first-order valence-electron chi connectivity index (χ1n) is 15.2. The Morgan fingerprint density at radius 2 is 1.79 bits per heavy atom. The third-order valence-corrected chi connectivity index (χ3v) is 8.92. The van der Waals surface area contributed by atoms with Crippen LogP contribution in [0.5, 0.6) is 0 Å². The molecule has 15 heteroatoms. The number of hydrogen-bond acceptors (Lipinski definition) is 9. The zero-order chi connectivity index (χ0) is 34.6. The monoisotopic (exact) mass is 664 g/mol. The number of ether oxygens (including phenoxy) is 1.